The molecule has 0 aliphatic carbocycles. The van der Waals surface area contributed by atoms with Crippen LogP contribution in [0.3, 0.4) is 0 Å². The molecule has 0 saturated carbocycles. The second-order valence-corrected chi connectivity index (χ2v) is 4.92. The molecule has 0 saturated heterocycles. The second kappa shape index (κ2) is 5.22. The summed E-state index contributed by atoms with van der Waals surface area (Å²) < 4.78 is 5.49. The van der Waals surface area contributed by atoms with Gasteiger partial charge in [0, 0.05) is 5.54 Å². The van der Waals surface area contributed by atoms with Gasteiger partial charge in [-0.1, -0.05) is 0 Å². The van der Waals surface area contributed by atoms with Gasteiger partial charge in [-0.05, 0) is 34.0 Å². The maximum atomic E-state index is 11.0. The van der Waals surface area contributed by atoms with Gasteiger partial charge in [0.15, 0.2) is 0 Å². The molecule has 0 atom stereocenters. The minimum atomic E-state index is -1.10. The number of aromatic carboxylic acids is 1. The van der Waals surface area contributed by atoms with Crippen molar-refractivity contribution in [3.8, 4) is 5.88 Å². The van der Waals surface area contributed by atoms with Crippen molar-refractivity contribution in [3.63, 3.8) is 0 Å². The summed E-state index contributed by atoms with van der Waals surface area (Å²) in [6.45, 7) is 4.31. The third kappa shape index (κ3) is 3.33. The largest absolute Gasteiger partial charge is 0.477 e. The SMILES string of the molecule is CN(C)C(C)(C)COc1ncc(N)cc1C(=O)O. The van der Waals surface area contributed by atoms with Crippen LogP contribution in [0.15, 0.2) is 12.3 Å². The first-order valence-corrected chi connectivity index (χ1v) is 5.53. The van der Waals surface area contributed by atoms with Crippen molar-refractivity contribution in [1.29, 1.82) is 0 Å². The van der Waals surface area contributed by atoms with Crippen molar-refractivity contribution in [3.05, 3.63) is 17.8 Å². The van der Waals surface area contributed by atoms with Gasteiger partial charge in [-0.2, -0.15) is 0 Å². The summed E-state index contributed by atoms with van der Waals surface area (Å²) >= 11 is 0. The van der Waals surface area contributed by atoms with Gasteiger partial charge in [0.2, 0.25) is 5.88 Å². The van der Waals surface area contributed by atoms with Gasteiger partial charge in [-0.3, -0.25) is 0 Å². The van der Waals surface area contributed by atoms with Crippen LogP contribution in [0.4, 0.5) is 5.69 Å². The van der Waals surface area contributed by atoms with E-state index in [4.69, 9.17) is 15.6 Å². The number of nitrogens with zero attached hydrogens (tertiary/aromatic N) is 2. The lowest BCUT2D eigenvalue weighted by Gasteiger charge is -2.32. The first-order chi connectivity index (χ1) is 8.24. The summed E-state index contributed by atoms with van der Waals surface area (Å²) in [6.07, 6.45) is 1.38. The van der Waals surface area contributed by atoms with Crippen molar-refractivity contribution in [2.45, 2.75) is 19.4 Å². The number of aromatic nitrogens is 1. The van der Waals surface area contributed by atoms with Gasteiger partial charge in [-0.15, -0.1) is 0 Å². The summed E-state index contributed by atoms with van der Waals surface area (Å²) in [6, 6.07) is 1.34. The highest BCUT2D eigenvalue weighted by Gasteiger charge is 2.23. The number of rotatable bonds is 5. The molecular formula is C12H19N3O3. The lowest BCUT2D eigenvalue weighted by Crippen LogP contribution is -2.43. The summed E-state index contributed by atoms with van der Waals surface area (Å²) in [5, 5.41) is 9.04. The number of ether oxygens (including phenoxy) is 1. The molecule has 100 valence electrons. The van der Waals surface area contributed by atoms with E-state index in [0.29, 0.717) is 12.3 Å². The van der Waals surface area contributed by atoms with Gasteiger partial charge in [0.05, 0.1) is 11.9 Å². The normalized spacial score (nSPS) is 11.6. The number of carbonyl (C=O) groups is 1. The third-order valence-electron chi connectivity index (χ3n) is 2.88. The fraction of sp³-hybridized carbons (Fsp3) is 0.500. The van der Waals surface area contributed by atoms with Crippen LogP contribution in [0.2, 0.25) is 0 Å². The smallest absolute Gasteiger partial charge is 0.341 e. The first-order valence-electron chi connectivity index (χ1n) is 5.53. The number of hydrogen-bond donors (Lipinski definition) is 2. The van der Waals surface area contributed by atoms with E-state index in [1.54, 1.807) is 0 Å². The summed E-state index contributed by atoms with van der Waals surface area (Å²) in [5.41, 5.74) is 5.56. The molecular weight excluding hydrogens is 234 g/mol. The zero-order valence-corrected chi connectivity index (χ0v) is 11.1. The monoisotopic (exact) mass is 253 g/mol. The van der Waals surface area contributed by atoms with E-state index in [2.05, 4.69) is 4.98 Å². The van der Waals surface area contributed by atoms with Crippen LogP contribution in [-0.4, -0.2) is 47.2 Å². The zero-order chi connectivity index (χ0) is 13.9. The molecule has 1 aromatic heterocycles. The van der Waals surface area contributed by atoms with Crippen molar-refractivity contribution >= 4 is 11.7 Å². The van der Waals surface area contributed by atoms with Crippen molar-refractivity contribution in [2.24, 2.45) is 0 Å². The Morgan fingerprint density at radius 3 is 2.67 bits per heavy atom. The zero-order valence-electron chi connectivity index (χ0n) is 11.1. The molecule has 1 rings (SSSR count). The highest BCUT2D eigenvalue weighted by molar-refractivity contribution is 5.91. The number of nitrogen functional groups attached to an aromatic ring is 1. The number of likely N-dealkylation sites (N-methyl/N-ethyl adjacent to an activating group) is 1. The fourth-order valence-corrected chi connectivity index (χ4v) is 1.11. The predicted octanol–water partition coefficient (Wildman–Crippen LogP) is 1.08. The van der Waals surface area contributed by atoms with Crippen molar-refractivity contribution < 1.29 is 14.6 Å². The molecule has 0 spiro atoms. The van der Waals surface area contributed by atoms with Crippen LogP contribution in [-0.2, 0) is 0 Å². The van der Waals surface area contributed by atoms with Crippen LogP contribution < -0.4 is 10.5 Å². The molecule has 0 aromatic carbocycles. The predicted molar refractivity (Wildman–Crippen MR) is 68.9 cm³/mol. The van der Waals surface area contributed by atoms with Gasteiger partial charge in [0.1, 0.15) is 12.2 Å². The first kappa shape index (κ1) is 14.2. The molecule has 0 radical (unpaired) electrons. The standard InChI is InChI=1S/C12H19N3O3/c1-12(2,15(3)4)7-18-10-9(11(16)17)5-8(13)6-14-10/h5-6H,7,13H2,1-4H3,(H,16,17). The summed E-state index contributed by atoms with van der Waals surface area (Å²) in [4.78, 5) is 17.0. The number of nitrogens with two attached hydrogens (primary N) is 1. The van der Waals surface area contributed by atoms with E-state index in [0.717, 1.165) is 0 Å². The van der Waals surface area contributed by atoms with E-state index in [9.17, 15) is 4.79 Å². The summed E-state index contributed by atoms with van der Waals surface area (Å²) in [5.74, 6) is -1.01. The Labute approximate surface area is 106 Å². The average molecular weight is 253 g/mol. The molecule has 0 bridgehead atoms. The molecule has 0 amide bonds. The van der Waals surface area contributed by atoms with Crippen LogP contribution >= 0.6 is 0 Å². The molecule has 0 unspecified atom stereocenters. The van der Waals surface area contributed by atoms with Gasteiger partial charge in [0.25, 0.3) is 0 Å². The Balaban J connectivity index is 2.89. The average Bonchev–Trinajstić information content (AvgIpc) is 2.27. The molecule has 6 heteroatoms. The number of carboxylic acid groups (broad SMARTS) is 1. The van der Waals surface area contributed by atoms with Crippen LogP contribution in [0.5, 0.6) is 5.88 Å². The Bertz CT molecular complexity index is 444. The Morgan fingerprint density at radius 2 is 2.17 bits per heavy atom. The molecule has 1 heterocycles. The Kier molecular flexibility index (Phi) is 4.13. The minimum Gasteiger partial charge on any atom is -0.477 e. The lowest BCUT2D eigenvalue weighted by molar-refractivity contribution is 0.0681. The molecule has 3 N–H and O–H groups in total. The molecule has 0 fully saturated rings. The van der Waals surface area contributed by atoms with Gasteiger partial charge in [-0.25, -0.2) is 9.78 Å². The highest BCUT2D eigenvalue weighted by Crippen LogP contribution is 2.20. The molecule has 18 heavy (non-hydrogen) atoms. The topological polar surface area (TPSA) is 88.7 Å². The fourth-order valence-electron chi connectivity index (χ4n) is 1.11. The molecule has 0 aliphatic rings. The number of pyridine rings is 1. The Morgan fingerprint density at radius 1 is 1.56 bits per heavy atom. The Hall–Kier alpha value is -1.82. The number of carboxylic acids is 1. The van der Waals surface area contributed by atoms with E-state index in [1.165, 1.54) is 12.3 Å². The van der Waals surface area contributed by atoms with E-state index < -0.39 is 5.97 Å². The van der Waals surface area contributed by atoms with Crippen LogP contribution in [0.25, 0.3) is 0 Å². The quantitative estimate of drug-likeness (QED) is 0.816. The number of anilines is 1. The van der Waals surface area contributed by atoms with Gasteiger partial charge >= 0.3 is 5.97 Å². The van der Waals surface area contributed by atoms with E-state index in [-0.39, 0.29) is 17.0 Å². The maximum Gasteiger partial charge on any atom is 0.341 e. The molecule has 6 nitrogen and oxygen atoms in total. The minimum absolute atomic E-state index is 0.0236. The second-order valence-electron chi connectivity index (χ2n) is 4.92. The van der Waals surface area contributed by atoms with E-state index >= 15 is 0 Å². The van der Waals surface area contributed by atoms with Gasteiger partial charge < -0.3 is 20.5 Å². The highest BCUT2D eigenvalue weighted by atomic mass is 16.5. The third-order valence-corrected chi connectivity index (χ3v) is 2.88. The van der Waals surface area contributed by atoms with Crippen molar-refractivity contribution in [2.75, 3.05) is 26.4 Å². The summed E-state index contributed by atoms with van der Waals surface area (Å²) in [7, 11) is 3.86. The van der Waals surface area contributed by atoms with Crippen LogP contribution in [0, 0.1) is 0 Å². The number of hydrogen-bond acceptors (Lipinski definition) is 5. The maximum absolute atomic E-state index is 11.0. The lowest BCUT2D eigenvalue weighted by atomic mass is 10.1. The van der Waals surface area contributed by atoms with E-state index in [1.807, 2.05) is 32.8 Å². The molecule has 1 aromatic rings. The van der Waals surface area contributed by atoms with Crippen molar-refractivity contribution in [1.82, 2.24) is 9.88 Å². The van der Waals surface area contributed by atoms with Crippen LogP contribution in [0.1, 0.15) is 24.2 Å². The molecule has 0 aliphatic heterocycles.